The van der Waals surface area contributed by atoms with E-state index in [1.807, 2.05) is 0 Å². The van der Waals surface area contributed by atoms with Crippen LogP contribution in [0.4, 0.5) is 0 Å². The first kappa shape index (κ1) is 7.11. The predicted octanol–water partition coefficient (Wildman–Crippen LogP) is 2.91. The van der Waals surface area contributed by atoms with Gasteiger partial charge in [-0.25, -0.2) is 0 Å². The molecule has 1 atom stereocenters. The van der Waals surface area contributed by atoms with Crippen molar-refractivity contribution in [1.29, 1.82) is 0 Å². The van der Waals surface area contributed by atoms with Crippen molar-refractivity contribution in [3.8, 4) is 0 Å². The monoisotopic (exact) mass is 124 g/mol. The van der Waals surface area contributed by atoms with E-state index in [-0.39, 0.29) is 0 Å². The van der Waals surface area contributed by atoms with Crippen LogP contribution in [0.5, 0.6) is 0 Å². The van der Waals surface area contributed by atoms with E-state index >= 15 is 0 Å². The van der Waals surface area contributed by atoms with E-state index in [0.29, 0.717) is 0 Å². The summed E-state index contributed by atoms with van der Waals surface area (Å²) < 4.78 is 0. The molecule has 2 radical (unpaired) electrons. The van der Waals surface area contributed by atoms with Gasteiger partial charge in [0.2, 0.25) is 0 Å². The van der Waals surface area contributed by atoms with Crippen LogP contribution in [-0.4, -0.2) is 0 Å². The normalized spacial score (nSPS) is 23.0. The smallest absolute Gasteiger partial charge is 0.0170 e. The van der Waals surface area contributed by atoms with Gasteiger partial charge in [-0.1, -0.05) is 26.7 Å². The first-order chi connectivity index (χ1) is 4.30. The van der Waals surface area contributed by atoms with Crippen molar-refractivity contribution in [1.82, 2.24) is 0 Å². The van der Waals surface area contributed by atoms with E-state index in [9.17, 15) is 0 Å². The Bertz CT molecular complexity index is 68.1. The molecule has 1 rings (SSSR count). The molecule has 0 amide bonds. The molecule has 1 unspecified atom stereocenters. The van der Waals surface area contributed by atoms with E-state index in [4.69, 9.17) is 0 Å². The molecule has 0 aliphatic heterocycles. The minimum Gasteiger partial charge on any atom is -0.0625 e. The van der Waals surface area contributed by atoms with Gasteiger partial charge in [0.15, 0.2) is 0 Å². The standard InChI is InChI=1S/C9H16/c1-8(2)9-6-4-3-5-7-9/h8-9H,3-4,6-7H2,1-2H3. The van der Waals surface area contributed by atoms with Crippen molar-refractivity contribution in [3.05, 3.63) is 6.42 Å². The second kappa shape index (κ2) is 3.24. The summed E-state index contributed by atoms with van der Waals surface area (Å²) in [6.45, 7) is 4.63. The van der Waals surface area contributed by atoms with E-state index in [0.717, 1.165) is 11.8 Å². The molecule has 0 aromatic rings. The van der Waals surface area contributed by atoms with Gasteiger partial charge >= 0.3 is 0 Å². The van der Waals surface area contributed by atoms with Crippen LogP contribution in [-0.2, 0) is 0 Å². The zero-order chi connectivity index (χ0) is 6.69. The quantitative estimate of drug-likeness (QED) is 0.504. The summed E-state index contributed by atoms with van der Waals surface area (Å²) in [4.78, 5) is 0. The highest BCUT2D eigenvalue weighted by atomic mass is 14.2. The summed E-state index contributed by atoms with van der Waals surface area (Å²) in [5, 5.41) is 0. The van der Waals surface area contributed by atoms with Crippen molar-refractivity contribution >= 4 is 0 Å². The fraction of sp³-hybridized carbons (Fsp3) is 0.889. The summed E-state index contributed by atoms with van der Waals surface area (Å²) in [6.07, 6.45) is 8.72. The predicted molar refractivity (Wildman–Crippen MR) is 40.0 cm³/mol. The van der Waals surface area contributed by atoms with Gasteiger partial charge in [0.05, 0.1) is 0 Å². The van der Waals surface area contributed by atoms with Crippen molar-refractivity contribution in [3.63, 3.8) is 0 Å². The molecule has 0 aromatic carbocycles. The summed E-state index contributed by atoms with van der Waals surface area (Å²) in [5.74, 6) is 1.82. The maximum Gasteiger partial charge on any atom is -0.0170 e. The van der Waals surface area contributed by atoms with Gasteiger partial charge in [0.1, 0.15) is 0 Å². The molecule has 0 N–H and O–H groups in total. The van der Waals surface area contributed by atoms with Gasteiger partial charge in [0.25, 0.3) is 0 Å². The lowest BCUT2D eigenvalue weighted by molar-refractivity contribution is 0.316. The van der Waals surface area contributed by atoms with Gasteiger partial charge in [0, 0.05) is 0 Å². The average Bonchev–Trinajstić information content (AvgIpc) is 1.90. The maximum absolute atomic E-state index is 3.42. The summed E-state index contributed by atoms with van der Waals surface area (Å²) in [6, 6.07) is 0. The molecule has 1 fully saturated rings. The minimum absolute atomic E-state index is 0.873. The Morgan fingerprint density at radius 3 is 2.56 bits per heavy atom. The Morgan fingerprint density at radius 1 is 1.44 bits per heavy atom. The first-order valence-electron chi connectivity index (χ1n) is 4.01. The zero-order valence-corrected chi connectivity index (χ0v) is 6.48. The molecule has 0 saturated heterocycles. The summed E-state index contributed by atoms with van der Waals surface area (Å²) >= 11 is 0. The molecular formula is C9H16. The SMILES string of the molecule is CC(C)C1C[C]CCC1. The van der Waals surface area contributed by atoms with Gasteiger partial charge in [-0.15, -0.1) is 0 Å². The summed E-state index contributed by atoms with van der Waals surface area (Å²) in [7, 11) is 0. The van der Waals surface area contributed by atoms with E-state index in [1.54, 1.807) is 0 Å². The fourth-order valence-corrected chi connectivity index (χ4v) is 1.45. The third kappa shape index (κ3) is 2.00. The third-order valence-electron chi connectivity index (χ3n) is 2.28. The Balaban J connectivity index is 2.23. The molecule has 52 valence electrons. The van der Waals surface area contributed by atoms with Crippen molar-refractivity contribution in [2.24, 2.45) is 11.8 Å². The Hall–Kier alpha value is 0. The molecule has 0 heterocycles. The van der Waals surface area contributed by atoms with Crippen molar-refractivity contribution < 1.29 is 0 Å². The van der Waals surface area contributed by atoms with Crippen LogP contribution in [0.15, 0.2) is 0 Å². The van der Waals surface area contributed by atoms with Crippen LogP contribution in [0.3, 0.4) is 0 Å². The molecule has 0 nitrogen and oxygen atoms in total. The highest BCUT2D eigenvalue weighted by Gasteiger charge is 2.16. The molecule has 9 heavy (non-hydrogen) atoms. The number of rotatable bonds is 1. The fourth-order valence-electron chi connectivity index (χ4n) is 1.45. The van der Waals surface area contributed by atoms with Gasteiger partial charge in [-0.3, -0.25) is 0 Å². The average molecular weight is 124 g/mol. The lowest BCUT2D eigenvalue weighted by atomic mass is 9.82. The first-order valence-corrected chi connectivity index (χ1v) is 4.01. The Morgan fingerprint density at radius 2 is 2.22 bits per heavy atom. The topological polar surface area (TPSA) is 0 Å². The van der Waals surface area contributed by atoms with E-state index in [1.165, 1.54) is 25.7 Å². The molecular weight excluding hydrogens is 108 g/mol. The van der Waals surface area contributed by atoms with Crippen LogP contribution >= 0.6 is 0 Å². The minimum atomic E-state index is 0.873. The van der Waals surface area contributed by atoms with Crippen LogP contribution in [0, 0.1) is 18.3 Å². The van der Waals surface area contributed by atoms with Gasteiger partial charge in [-0.05, 0) is 31.1 Å². The van der Waals surface area contributed by atoms with E-state index in [2.05, 4.69) is 20.3 Å². The highest BCUT2D eigenvalue weighted by molar-refractivity contribution is 4.78. The van der Waals surface area contributed by atoms with Crippen LogP contribution < -0.4 is 0 Å². The maximum atomic E-state index is 3.42. The molecule has 0 aromatic heterocycles. The molecule has 0 bridgehead atoms. The largest absolute Gasteiger partial charge is 0.0625 e. The molecule has 0 heteroatoms. The Kier molecular flexibility index (Phi) is 2.56. The van der Waals surface area contributed by atoms with E-state index < -0.39 is 0 Å². The molecule has 1 aliphatic carbocycles. The molecule has 1 aliphatic rings. The lowest BCUT2D eigenvalue weighted by Crippen LogP contribution is -2.12. The highest BCUT2D eigenvalue weighted by Crippen LogP contribution is 2.28. The van der Waals surface area contributed by atoms with Crippen LogP contribution in [0.1, 0.15) is 39.5 Å². The lowest BCUT2D eigenvalue weighted by Gasteiger charge is -2.24. The molecule has 0 spiro atoms. The van der Waals surface area contributed by atoms with Crippen molar-refractivity contribution in [2.75, 3.05) is 0 Å². The van der Waals surface area contributed by atoms with Crippen molar-refractivity contribution in [2.45, 2.75) is 39.5 Å². The number of hydrogen-bond acceptors (Lipinski definition) is 0. The third-order valence-corrected chi connectivity index (χ3v) is 2.28. The van der Waals surface area contributed by atoms with Crippen LogP contribution in [0.25, 0.3) is 0 Å². The summed E-state index contributed by atoms with van der Waals surface area (Å²) in [5.41, 5.74) is 0. The molecule has 1 saturated carbocycles. The van der Waals surface area contributed by atoms with Gasteiger partial charge in [-0.2, -0.15) is 0 Å². The second-order valence-corrected chi connectivity index (χ2v) is 3.35. The number of hydrogen-bond donors (Lipinski definition) is 0. The zero-order valence-electron chi connectivity index (χ0n) is 6.48. The van der Waals surface area contributed by atoms with Crippen LogP contribution in [0.2, 0.25) is 0 Å². The Labute approximate surface area is 58.7 Å². The second-order valence-electron chi connectivity index (χ2n) is 3.35. The van der Waals surface area contributed by atoms with Gasteiger partial charge < -0.3 is 0 Å².